The summed E-state index contributed by atoms with van der Waals surface area (Å²) in [4.78, 5) is 28.8. The number of aromatic nitrogens is 5. The van der Waals surface area contributed by atoms with Gasteiger partial charge in [-0.3, -0.25) is 9.59 Å². The van der Waals surface area contributed by atoms with Crippen molar-refractivity contribution in [2.24, 2.45) is 0 Å². The third kappa shape index (κ3) is 4.77. The maximum Gasteiger partial charge on any atom is 0.573 e. The minimum atomic E-state index is -4.81. The van der Waals surface area contributed by atoms with E-state index in [-0.39, 0.29) is 17.4 Å². The van der Waals surface area contributed by atoms with Crippen molar-refractivity contribution in [3.8, 4) is 11.6 Å². The van der Waals surface area contributed by atoms with E-state index in [1.54, 1.807) is 4.68 Å². The average molecular weight is 464 g/mol. The van der Waals surface area contributed by atoms with Crippen molar-refractivity contribution < 1.29 is 22.7 Å². The number of alkyl halides is 3. The number of carbonyl (C=O) groups excluding carboxylic acids is 1. The Hall–Kier alpha value is -3.74. The number of hydrogen-bond donors (Lipinski definition) is 1. The van der Waals surface area contributed by atoms with Crippen LogP contribution in [0.5, 0.6) is 5.75 Å². The molecule has 0 unspecified atom stereocenters. The van der Waals surface area contributed by atoms with Crippen LogP contribution in [-0.4, -0.2) is 36.8 Å². The summed E-state index contributed by atoms with van der Waals surface area (Å²) in [7, 11) is 0. The Labute approximate surface area is 182 Å². The Kier molecular flexibility index (Phi) is 5.42. The SMILES string of the molecule is Cc1cc(C)n(-c2ccc(=O)n(CC(=O)Nc3nc4ccc(OC(F)(F)F)cc4s3)n2)n1. The second-order valence-corrected chi connectivity index (χ2v) is 7.80. The van der Waals surface area contributed by atoms with Gasteiger partial charge in [-0.15, -0.1) is 18.3 Å². The monoisotopic (exact) mass is 464 g/mol. The highest BCUT2D eigenvalue weighted by atomic mass is 32.1. The molecule has 1 amide bonds. The summed E-state index contributed by atoms with van der Waals surface area (Å²) in [5.41, 5.74) is 1.50. The van der Waals surface area contributed by atoms with E-state index in [1.807, 2.05) is 19.9 Å². The third-order valence-electron chi connectivity index (χ3n) is 4.21. The lowest BCUT2D eigenvalue weighted by Crippen LogP contribution is -2.30. The zero-order valence-electron chi connectivity index (χ0n) is 16.7. The zero-order valence-corrected chi connectivity index (χ0v) is 17.5. The Morgan fingerprint density at radius 3 is 2.62 bits per heavy atom. The molecular weight excluding hydrogens is 449 g/mol. The van der Waals surface area contributed by atoms with E-state index < -0.39 is 17.8 Å². The molecule has 3 aromatic heterocycles. The molecule has 0 aliphatic carbocycles. The fourth-order valence-electron chi connectivity index (χ4n) is 2.98. The standard InChI is InChI=1S/C19H15F3N6O3S/c1-10-7-11(2)28(25-10)15-5-6-17(30)27(26-15)9-16(29)24-18-23-13-4-3-12(8-14(13)32-18)31-19(20,21)22/h3-8H,9H2,1-2H3,(H,23,24,29). The fraction of sp³-hybridized carbons (Fsp3) is 0.211. The minimum absolute atomic E-state index is 0.164. The van der Waals surface area contributed by atoms with Crippen LogP contribution in [0.3, 0.4) is 0 Å². The van der Waals surface area contributed by atoms with Gasteiger partial charge in [-0.1, -0.05) is 11.3 Å². The first kappa shape index (κ1) is 21.5. The quantitative estimate of drug-likeness (QED) is 0.487. The molecule has 0 spiro atoms. The number of ether oxygens (including phenoxy) is 1. The van der Waals surface area contributed by atoms with E-state index in [9.17, 15) is 22.8 Å². The van der Waals surface area contributed by atoms with Gasteiger partial charge in [0.1, 0.15) is 12.3 Å². The Bertz CT molecular complexity index is 1370. The van der Waals surface area contributed by atoms with Crippen molar-refractivity contribution in [3.05, 3.63) is 58.1 Å². The molecule has 0 bridgehead atoms. The van der Waals surface area contributed by atoms with Crippen LogP contribution in [0.25, 0.3) is 16.0 Å². The first-order chi connectivity index (χ1) is 15.1. The summed E-state index contributed by atoms with van der Waals surface area (Å²) >= 11 is 0.973. The van der Waals surface area contributed by atoms with Crippen LogP contribution in [0.4, 0.5) is 18.3 Å². The number of aryl methyl sites for hydroxylation is 2. The van der Waals surface area contributed by atoms with Gasteiger partial charge < -0.3 is 10.1 Å². The van der Waals surface area contributed by atoms with Crippen LogP contribution < -0.4 is 15.6 Å². The molecule has 0 saturated carbocycles. The number of nitrogens with zero attached hydrogens (tertiary/aromatic N) is 5. The molecule has 1 N–H and O–H groups in total. The molecule has 32 heavy (non-hydrogen) atoms. The number of fused-ring (bicyclic) bond motifs is 1. The van der Waals surface area contributed by atoms with Gasteiger partial charge in [0.05, 0.1) is 15.9 Å². The molecule has 13 heteroatoms. The minimum Gasteiger partial charge on any atom is -0.406 e. The molecule has 0 aliphatic rings. The van der Waals surface area contributed by atoms with Crippen LogP contribution in [0.2, 0.25) is 0 Å². The van der Waals surface area contributed by atoms with Gasteiger partial charge in [0.15, 0.2) is 10.9 Å². The predicted octanol–water partition coefficient (Wildman–Crippen LogP) is 3.19. The Balaban J connectivity index is 1.51. The molecule has 166 valence electrons. The molecule has 3 heterocycles. The Morgan fingerprint density at radius 1 is 1.16 bits per heavy atom. The number of anilines is 1. The molecule has 4 rings (SSSR count). The lowest BCUT2D eigenvalue weighted by molar-refractivity contribution is -0.274. The maximum absolute atomic E-state index is 12.4. The van der Waals surface area contributed by atoms with Crippen molar-refractivity contribution >= 4 is 32.6 Å². The second kappa shape index (κ2) is 8.07. The van der Waals surface area contributed by atoms with E-state index in [4.69, 9.17) is 0 Å². The lowest BCUT2D eigenvalue weighted by atomic mass is 10.3. The van der Waals surface area contributed by atoms with Gasteiger partial charge in [0, 0.05) is 17.8 Å². The van der Waals surface area contributed by atoms with Crippen molar-refractivity contribution in [2.75, 3.05) is 5.32 Å². The normalized spacial score (nSPS) is 11.7. The number of benzene rings is 1. The van der Waals surface area contributed by atoms with Gasteiger partial charge >= 0.3 is 6.36 Å². The first-order valence-corrected chi connectivity index (χ1v) is 9.97. The molecule has 0 radical (unpaired) electrons. The zero-order chi connectivity index (χ0) is 23.0. The van der Waals surface area contributed by atoms with E-state index in [0.717, 1.165) is 33.5 Å². The summed E-state index contributed by atoms with van der Waals surface area (Å²) in [6, 6.07) is 8.31. The molecule has 0 atom stereocenters. The molecule has 0 saturated heterocycles. The van der Waals surface area contributed by atoms with E-state index in [0.29, 0.717) is 16.0 Å². The van der Waals surface area contributed by atoms with Crippen LogP contribution in [0.1, 0.15) is 11.4 Å². The largest absolute Gasteiger partial charge is 0.573 e. The number of nitrogens with one attached hydrogen (secondary N) is 1. The summed E-state index contributed by atoms with van der Waals surface area (Å²) in [6.07, 6.45) is -4.81. The number of thiazole rings is 1. The third-order valence-corrected chi connectivity index (χ3v) is 5.15. The van der Waals surface area contributed by atoms with Crippen LogP contribution >= 0.6 is 11.3 Å². The van der Waals surface area contributed by atoms with E-state index >= 15 is 0 Å². The number of carbonyl (C=O) groups is 1. The average Bonchev–Trinajstić information content (AvgIpc) is 3.23. The van der Waals surface area contributed by atoms with Crippen LogP contribution in [0.15, 0.2) is 41.2 Å². The fourth-order valence-corrected chi connectivity index (χ4v) is 3.89. The summed E-state index contributed by atoms with van der Waals surface area (Å²) in [5.74, 6) is -0.584. The van der Waals surface area contributed by atoms with Crippen molar-refractivity contribution in [2.45, 2.75) is 26.8 Å². The number of halogens is 3. The molecule has 9 nitrogen and oxygen atoms in total. The van der Waals surface area contributed by atoms with Crippen molar-refractivity contribution in [1.29, 1.82) is 0 Å². The summed E-state index contributed by atoms with van der Waals surface area (Å²) < 4.78 is 44.0. The lowest BCUT2D eigenvalue weighted by Gasteiger charge is -2.08. The first-order valence-electron chi connectivity index (χ1n) is 9.15. The topological polar surface area (TPSA) is 104 Å². The molecule has 0 aliphatic heterocycles. The molecular formula is C19H15F3N6O3S. The predicted molar refractivity (Wildman–Crippen MR) is 110 cm³/mol. The highest BCUT2D eigenvalue weighted by Crippen LogP contribution is 2.31. The van der Waals surface area contributed by atoms with Gasteiger partial charge in [0.2, 0.25) is 5.91 Å². The smallest absolute Gasteiger partial charge is 0.406 e. The van der Waals surface area contributed by atoms with Gasteiger partial charge in [0.25, 0.3) is 5.56 Å². The number of rotatable bonds is 5. The Morgan fingerprint density at radius 2 is 1.94 bits per heavy atom. The molecule has 0 fully saturated rings. The van der Waals surface area contributed by atoms with Gasteiger partial charge in [-0.2, -0.15) is 5.10 Å². The highest BCUT2D eigenvalue weighted by molar-refractivity contribution is 7.22. The van der Waals surface area contributed by atoms with E-state index in [2.05, 4.69) is 25.2 Å². The van der Waals surface area contributed by atoms with Gasteiger partial charge in [-0.25, -0.2) is 14.3 Å². The summed E-state index contributed by atoms with van der Waals surface area (Å²) in [6.45, 7) is 3.27. The van der Waals surface area contributed by atoms with Crippen molar-refractivity contribution in [3.63, 3.8) is 0 Å². The molecule has 4 aromatic rings. The van der Waals surface area contributed by atoms with Crippen molar-refractivity contribution in [1.82, 2.24) is 24.5 Å². The number of amides is 1. The van der Waals surface area contributed by atoms with Crippen LogP contribution in [-0.2, 0) is 11.3 Å². The van der Waals surface area contributed by atoms with E-state index in [1.165, 1.54) is 24.3 Å². The summed E-state index contributed by atoms with van der Waals surface area (Å²) in [5, 5.41) is 11.2. The van der Waals surface area contributed by atoms with Crippen LogP contribution in [0, 0.1) is 13.8 Å². The van der Waals surface area contributed by atoms with Gasteiger partial charge in [-0.05, 0) is 38.1 Å². The second-order valence-electron chi connectivity index (χ2n) is 6.77. The molecule has 1 aromatic carbocycles. The number of hydrogen-bond acceptors (Lipinski definition) is 7. The highest BCUT2D eigenvalue weighted by Gasteiger charge is 2.31. The maximum atomic E-state index is 12.4.